The number of ether oxygens (including phenoxy) is 2. The summed E-state index contributed by atoms with van der Waals surface area (Å²) in [5.74, 6) is -0.337. The Labute approximate surface area is 140 Å². The van der Waals surface area contributed by atoms with E-state index >= 15 is 0 Å². The molecule has 3 rings (SSSR count). The Morgan fingerprint density at radius 1 is 1.26 bits per heavy atom. The number of hydrogen-bond donors (Lipinski definition) is 0. The van der Waals surface area contributed by atoms with E-state index in [1.807, 2.05) is 6.07 Å². The molecule has 0 aliphatic carbocycles. The fourth-order valence-electron chi connectivity index (χ4n) is 2.12. The first-order valence-corrected chi connectivity index (χ1v) is 7.48. The van der Waals surface area contributed by atoms with Crippen LogP contribution in [-0.4, -0.2) is 19.0 Å². The first kappa shape index (κ1) is 15.4. The van der Waals surface area contributed by atoms with Crippen LogP contribution in [0, 0.1) is 5.82 Å². The molecule has 6 heteroatoms. The van der Waals surface area contributed by atoms with Gasteiger partial charge in [0.2, 0.25) is 5.90 Å². The number of methoxy groups -OCH3 is 1. The van der Waals surface area contributed by atoms with Crippen molar-refractivity contribution in [3.8, 4) is 5.75 Å². The quantitative estimate of drug-likeness (QED) is 0.602. The first-order valence-electron chi connectivity index (χ1n) is 6.69. The summed E-state index contributed by atoms with van der Waals surface area (Å²) in [6.07, 6.45) is 1.57. The van der Waals surface area contributed by atoms with E-state index in [4.69, 9.17) is 9.47 Å². The molecule has 2 aromatic carbocycles. The maximum Gasteiger partial charge on any atom is 0.363 e. The van der Waals surface area contributed by atoms with Crippen molar-refractivity contribution in [3.63, 3.8) is 0 Å². The Balaban J connectivity index is 2.00. The standard InChI is InChI=1S/C17H11BrFNO3/c1-22-15-6-5-12(18)7-11(15)9-14-17(21)23-16(20-14)10-3-2-4-13(19)8-10/h2-9H,1H3/b14-9-. The second-order valence-electron chi connectivity index (χ2n) is 4.73. The third kappa shape index (κ3) is 3.32. The van der Waals surface area contributed by atoms with Gasteiger partial charge in [-0.1, -0.05) is 22.0 Å². The second kappa shape index (κ2) is 6.34. The minimum absolute atomic E-state index is 0.0784. The number of hydrogen-bond acceptors (Lipinski definition) is 4. The van der Waals surface area contributed by atoms with Crippen molar-refractivity contribution < 1.29 is 18.7 Å². The highest BCUT2D eigenvalue weighted by Crippen LogP contribution is 2.27. The molecule has 0 bridgehead atoms. The fourth-order valence-corrected chi connectivity index (χ4v) is 2.50. The summed E-state index contributed by atoms with van der Waals surface area (Å²) in [6.45, 7) is 0. The number of carbonyl (C=O) groups excluding carboxylic acids is 1. The van der Waals surface area contributed by atoms with Gasteiger partial charge in [0, 0.05) is 15.6 Å². The second-order valence-corrected chi connectivity index (χ2v) is 5.65. The van der Waals surface area contributed by atoms with Gasteiger partial charge in [-0.15, -0.1) is 0 Å². The Hall–Kier alpha value is -2.47. The van der Waals surface area contributed by atoms with Gasteiger partial charge in [-0.2, -0.15) is 0 Å². The lowest BCUT2D eigenvalue weighted by molar-refractivity contribution is -0.129. The summed E-state index contributed by atoms with van der Waals surface area (Å²) in [4.78, 5) is 16.1. The Morgan fingerprint density at radius 2 is 2.09 bits per heavy atom. The van der Waals surface area contributed by atoms with Crippen molar-refractivity contribution in [2.24, 2.45) is 4.99 Å². The molecule has 0 radical (unpaired) electrons. The van der Waals surface area contributed by atoms with Gasteiger partial charge in [0.1, 0.15) is 11.6 Å². The average Bonchev–Trinajstić information content (AvgIpc) is 2.89. The van der Waals surface area contributed by atoms with Gasteiger partial charge in [0.25, 0.3) is 0 Å². The van der Waals surface area contributed by atoms with Crippen LogP contribution in [0.3, 0.4) is 0 Å². The summed E-state index contributed by atoms with van der Waals surface area (Å²) >= 11 is 3.37. The lowest BCUT2D eigenvalue weighted by Crippen LogP contribution is -2.05. The largest absolute Gasteiger partial charge is 0.496 e. The molecular formula is C17H11BrFNO3. The molecule has 0 amide bonds. The number of halogens is 2. The molecule has 0 fully saturated rings. The molecule has 1 aliphatic heterocycles. The molecule has 23 heavy (non-hydrogen) atoms. The van der Waals surface area contributed by atoms with Crippen LogP contribution in [0.15, 0.2) is 57.6 Å². The molecular weight excluding hydrogens is 365 g/mol. The van der Waals surface area contributed by atoms with Crippen molar-refractivity contribution in [1.29, 1.82) is 0 Å². The third-order valence-corrected chi connectivity index (χ3v) is 3.67. The molecule has 4 nitrogen and oxygen atoms in total. The van der Waals surface area contributed by atoms with E-state index in [1.165, 1.54) is 18.2 Å². The average molecular weight is 376 g/mol. The van der Waals surface area contributed by atoms with Gasteiger partial charge in [-0.25, -0.2) is 14.2 Å². The normalized spacial score (nSPS) is 15.5. The lowest BCUT2D eigenvalue weighted by Gasteiger charge is -2.04. The third-order valence-electron chi connectivity index (χ3n) is 3.18. The zero-order valence-corrected chi connectivity index (χ0v) is 13.6. The molecule has 0 saturated heterocycles. The number of benzene rings is 2. The molecule has 2 aromatic rings. The summed E-state index contributed by atoms with van der Waals surface area (Å²) in [5, 5.41) is 0. The highest BCUT2D eigenvalue weighted by Gasteiger charge is 2.24. The molecule has 1 heterocycles. The van der Waals surface area contributed by atoms with Gasteiger partial charge in [-0.3, -0.25) is 0 Å². The van der Waals surface area contributed by atoms with Gasteiger partial charge < -0.3 is 9.47 Å². The fraction of sp³-hybridized carbons (Fsp3) is 0.0588. The smallest absolute Gasteiger partial charge is 0.363 e. The highest BCUT2D eigenvalue weighted by molar-refractivity contribution is 9.10. The number of carbonyl (C=O) groups is 1. The SMILES string of the molecule is COc1ccc(Br)cc1/C=C1\N=C(c2cccc(F)c2)OC1=O. The van der Waals surface area contributed by atoms with Crippen molar-refractivity contribution in [2.45, 2.75) is 0 Å². The first-order chi connectivity index (χ1) is 11.1. The van der Waals surface area contributed by atoms with Gasteiger partial charge in [-0.05, 0) is 42.5 Å². The van der Waals surface area contributed by atoms with Crippen LogP contribution in [0.25, 0.3) is 6.08 Å². The molecule has 0 N–H and O–H groups in total. The van der Waals surface area contributed by atoms with Crippen LogP contribution in [-0.2, 0) is 9.53 Å². The van der Waals surface area contributed by atoms with Crippen molar-refractivity contribution >= 4 is 33.9 Å². The maximum atomic E-state index is 13.3. The van der Waals surface area contributed by atoms with Crippen LogP contribution in [0.5, 0.6) is 5.75 Å². The van der Waals surface area contributed by atoms with Crippen LogP contribution >= 0.6 is 15.9 Å². The van der Waals surface area contributed by atoms with E-state index in [9.17, 15) is 9.18 Å². The molecule has 0 unspecified atom stereocenters. The minimum atomic E-state index is -0.591. The summed E-state index contributed by atoms with van der Waals surface area (Å²) < 4.78 is 24.5. The lowest BCUT2D eigenvalue weighted by atomic mass is 10.1. The van der Waals surface area contributed by atoms with Gasteiger partial charge in [0.05, 0.1) is 7.11 Å². The molecule has 0 atom stereocenters. The number of rotatable bonds is 3. The van der Waals surface area contributed by atoms with E-state index in [-0.39, 0.29) is 11.6 Å². The van der Waals surface area contributed by atoms with Crippen LogP contribution in [0.4, 0.5) is 4.39 Å². The van der Waals surface area contributed by atoms with Crippen molar-refractivity contribution in [2.75, 3.05) is 7.11 Å². The zero-order chi connectivity index (χ0) is 16.4. The predicted molar refractivity (Wildman–Crippen MR) is 87.7 cm³/mol. The van der Waals surface area contributed by atoms with E-state index in [1.54, 1.807) is 31.4 Å². The maximum absolute atomic E-state index is 13.3. The molecule has 1 aliphatic rings. The summed E-state index contributed by atoms with van der Waals surface area (Å²) in [7, 11) is 1.54. The van der Waals surface area contributed by atoms with Crippen molar-refractivity contribution in [1.82, 2.24) is 0 Å². The number of cyclic esters (lactones) is 1. The molecule has 0 spiro atoms. The minimum Gasteiger partial charge on any atom is -0.496 e. The van der Waals surface area contributed by atoms with Crippen LogP contribution < -0.4 is 4.74 Å². The monoisotopic (exact) mass is 375 g/mol. The molecule has 0 aromatic heterocycles. The topological polar surface area (TPSA) is 47.9 Å². The zero-order valence-electron chi connectivity index (χ0n) is 12.0. The Morgan fingerprint density at radius 3 is 2.83 bits per heavy atom. The van der Waals surface area contributed by atoms with E-state index in [0.29, 0.717) is 16.9 Å². The molecule has 116 valence electrons. The van der Waals surface area contributed by atoms with Gasteiger partial charge in [0.15, 0.2) is 5.70 Å². The van der Waals surface area contributed by atoms with Gasteiger partial charge >= 0.3 is 5.97 Å². The van der Waals surface area contributed by atoms with E-state index < -0.39 is 11.8 Å². The van der Waals surface area contributed by atoms with E-state index in [2.05, 4.69) is 20.9 Å². The Bertz CT molecular complexity index is 845. The number of aliphatic imine (C=N–C) groups is 1. The predicted octanol–water partition coefficient (Wildman–Crippen LogP) is 3.94. The van der Waals surface area contributed by atoms with E-state index in [0.717, 1.165) is 4.47 Å². The van der Waals surface area contributed by atoms with Crippen LogP contribution in [0.1, 0.15) is 11.1 Å². The van der Waals surface area contributed by atoms with Crippen molar-refractivity contribution in [3.05, 3.63) is 69.6 Å². The summed E-state index contributed by atoms with van der Waals surface area (Å²) in [6, 6.07) is 11.1. The summed E-state index contributed by atoms with van der Waals surface area (Å²) in [5.41, 5.74) is 1.21. The number of esters is 1. The molecule has 0 saturated carbocycles. The Kier molecular flexibility index (Phi) is 4.25. The highest BCUT2D eigenvalue weighted by atomic mass is 79.9. The number of nitrogens with zero attached hydrogens (tertiary/aromatic N) is 1. The van der Waals surface area contributed by atoms with Crippen LogP contribution in [0.2, 0.25) is 0 Å².